The molecule has 0 saturated carbocycles. The summed E-state index contributed by atoms with van der Waals surface area (Å²) in [5, 5.41) is 0.535. The van der Waals surface area contributed by atoms with Crippen molar-refractivity contribution in [2.45, 2.75) is 19.8 Å². The largest absolute Gasteiger partial charge is 0.358 e. The highest BCUT2D eigenvalue weighted by atomic mass is 35.5. The highest BCUT2D eigenvalue weighted by molar-refractivity contribution is 6.32. The lowest BCUT2D eigenvalue weighted by Gasteiger charge is -2.19. The van der Waals surface area contributed by atoms with Gasteiger partial charge in [0.25, 0.3) is 0 Å². The number of unbranched alkanes of at least 4 members (excludes halogenated alkanes) is 1. The molecule has 5 nitrogen and oxygen atoms in total. The zero-order chi connectivity index (χ0) is 11.3. The number of hydrogen-bond acceptors (Lipinski definition) is 5. The molecule has 0 spiro atoms. The average Bonchev–Trinajstić information content (AvgIpc) is 2.26. The minimum atomic E-state index is 0.373. The van der Waals surface area contributed by atoms with Crippen LogP contribution >= 0.6 is 11.6 Å². The fourth-order valence-corrected chi connectivity index (χ4v) is 1.43. The van der Waals surface area contributed by atoms with Gasteiger partial charge in [-0.25, -0.2) is 10.8 Å². The minimum absolute atomic E-state index is 0.373. The average molecular weight is 230 g/mol. The van der Waals surface area contributed by atoms with E-state index in [1.54, 1.807) is 6.20 Å². The van der Waals surface area contributed by atoms with Crippen LogP contribution in [0.15, 0.2) is 6.20 Å². The molecule has 1 heterocycles. The second-order valence-corrected chi connectivity index (χ2v) is 3.69. The van der Waals surface area contributed by atoms with E-state index < -0.39 is 0 Å². The lowest BCUT2D eigenvalue weighted by molar-refractivity contribution is 0.758. The van der Waals surface area contributed by atoms with Crippen molar-refractivity contribution < 1.29 is 0 Å². The Labute approximate surface area is 94.6 Å². The van der Waals surface area contributed by atoms with Crippen molar-refractivity contribution in [1.82, 2.24) is 9.97 Å². The molecule has 1 aromatic rings. The molecule has 0 aliphatic rings. The van der Waals surface area contributed by atoms with Gasteiger partial charge in [-0.1, -0.05) is 24.9 Å². The van der Waals surface area contributed by atoms with Crippen molar-refractivity contribution in [3.8, 4) is 0 Å². The van der Waals surface area contributed by atoms with E-state index in [0.717, 1.165) is 19.4 Å². The number of nitrogens with two attached hydrogens (primary N) is 1. The third kappa shape index (κ3) is 3.21. The molecule has 1 aromatic heterocycles. The maximum atomic E-state index is 5.99. The Kier molecular flexibility index (Phi) is 4.58. The normalized spacial score (nSPS) is 10.1. The van der Waals surface area contributed by atoms with Gasteiger partial charge >= 0.3 is 0 Å². The van der Waals surface area contributed by atoms with Crippen molar-refractivity contribution in [2.24, 2.45) is 5.84 Å². The molecule has 0 atom stereocenters. The molecule has 1 rings (SSSR count). The Bertz CT molecular complexity index is 317. The Morgan fingerprint density at radius 1 is 1.60 bits per heavy atom. The van der Waals surface area contributed by atoms with Crippen LogP contribution in [0, 0.1) is 0 Å². The number of nitrogen functional groups attached to an aromatic ring is 1. The summed E-state index contributed by atoms with van der Waals surface area (Å²) in [6, 6.07) is 0. The van der Waals surface area contributed by atoms with Crippen LogP contribution in [0.2, 0.25) is 5.02 Å². The fourth-order valence-electron chi connectivity index (χ4n) is 1.20. The van der Waals surface area contributed by atoms with Crippen LogP contribution in [-0.4, -0.2) is 23.6 Å². The topological polar surface area (TPSA) is 67.1 Å². The Balaban J connectivity index is 2.81. The number of anilines is 2. The van der Waals surface area contributed by atoms with E-state index >= 15 is 0 Å². The fraction of sp³-hybridized carbons (Fsp3) is 0.556. The van der Waals surface area contributed by atoms with Crippen LogP contribution in [0.1, 0.15) is 19.8 Å². The molecule has 0 aromatic carbocycles. The molecular formula is C9H16ClN5. The van der Waals surface area contributed by atoms with Gasteiger partial charge in [0.1, 0.15) is 5.02 Å². The Morgan fingerprint density at radius 2 is 2.33 bits per heavy atom. The van der Waals surface area contributed by atoms with Gasteiger partial charge in [0.15, 0.2) is 5.82 Å². The summed E-state index contributed by atoms with van der Waals surface area (Å²) in [5.74, 6) is 6.31. The van der Waals surface area contributed by atoms with Crippen LogP contribution in [0.4, 0.5) is 11.8 Å². The first-order chi connectivity index (χ1) is 7.19. The van der Waals surface area contributed by atoms with Gasteiger partial charge in [0, 0.05) is 13.6 Å². The first-order valence-corrected chi connectivity index (χ1v) is 5.27. The highest BCUT2D eigenvalue weighted by Crippen LogP contribution is 2.22. The van der Waals surface area contributed by atoms with Crippen LogP contribution in [0.5, 0.6) is 0 Å². The maximum absolute atomic E-state index is 5.99. The molecule has 0 aliphatic carbocycles. The summed E-state index contributed by atoms with van der Waals surface area (Å²) in [7, 11) is 1.95. The number of rotatable bonds is 5. The number of hydrogen-bond donors (Lipinski definition) is 2. The van der Waals surface area contributed by atoms with E-state index in [1.807, 2.05) is 11.9 Å². The molecule has 0 radical (unpaired) electrons. The molecule has 6 heteroatoms. The van der Waals surface area contributed by atoms with E-state index in [2.05, 4.69) is 22.3 Å². The van der Waals surface area contributed by atoms with Gasteiger partial charge < -0.3 is 4.90 Å². The van der Waals surface area contributed by atoms with Gasteiger partial charge in [-0.05, 0) is 6.42 Å². The number of hydrazine groups is 1. The van der Waals surface area contributed by atoms with E-state index in [1.165, 1.54) is 0 Å². The van der Waals surface area contributed by atoms with Gasteiger partial charge in [-0.2, -0.15) is 4.98 Å². The van der Waals surface area contributed by atoms with Crippen LogP contribution in [0.25, 0.3) is 0 Å². The first kappa shape index (κ1) is 12.0. The van der Waals surface area contributed by atoms with Crippen molar-refractivity contribution in [3.05, 3.63) is 11.2 Å². The number of nitrogens with one attached hydrogen (secondary N) is 1. The summed E-state index contributed by atoms with van der Waals surface area (Å²) in [4.78, 5) is 10.1. The molecule has 0 unspecified atom stereocenters. The zero-order valence-electron chi connectivity index (χ0n) is 9.00. The number of aromatic nitrogens is 2. The van der Waals surface area contributed by atoms with Crippen molar-refractivity contribution in [3.63, 3.8) is 0 Å². The Morgan fingerprint density at radius 3 is 2.93 bits per heavy atom. The molecule has 0 amide bonds. The summed E-state index contributed by atoms with van der Waals surface area (Å²) in [5.41, 5.74) is 2.40. The second-order valence-electron chi connectivity index (χ2n) is 3.28. The standard InChI is InChI=1S/C9H16ClN5/c1-3-4-5-15(2)8-7(10)6-12-9(13-8)14-11/h6H,3-5,11H2,1-2H3,(H,12,13,14). The number of nitrogens with zero attached hydrogens (tertiary/aromatic N) is 3. The third-order valence-electron chi connectivity index (χ3n) is 2.06. The minimum Gasteiger partial charge on any atom is -0.358 e. The molecule has 3 N–H and O–H groups in total. The van der Waals surface area contributed by atoms with E-state index in [9.17, 15) is 0 Å². The molecule has 15 heavy (non-hydrogen) atoms. The van der Waals surface area contributed by atoms with E-state index in [4.69, 9.17) is 17.4 Å². The molecule has 0 aliphatic heterocycles. The highest BCUT2D eigenvalue weighted by Gasteiger charge is 2.09. The smallest absolute Gasteiger partial charge is 0.239 e. The predicted octanol–water partition coefficient (Wildman–Crippen LogP) is 1.65. The van der Waals surface area contributed by atoms with Crippen LogP contribution in [-0.2, 0) is 0 Å². The number of halogens is 1. The third-order valence-corrected chi connectivity index (χ3v) is 2.33. The summed E-state index contributed by atoms with van der Waals surface area (Å²) >= 11 is 5.99. The van der Waals surface area contributed by atoms with Crippen molar-refractivity contribution >= 4 is 23.4 Å². The maximum Gasteiger partial charge on any atom is 0.239 e. The van der Waals surface area contributed by atoms with Crippen LogP contribution < -0.4 is 16.2 Å². The summed E-state index contributed by atoms with van der Waals surface area (Å²) in [6.07, 6.45) is 3.78. The van der Waals surface area contributed by atoms with Gasteiger partial charge in [0.05, 0.1) is 6.20 Å². The van der Waals surface area contributed by atoms with Gasteiger partial charge in [-0.15, -0.1) is 0 Å². The monoisotopic (exact) mass is 229 g/mol. The summed E-state index contributed by atoms with van der Waals surface area (Å²) in [6.45, 7) is 3.06. The first-order valence-electron chi connectivity index (χ1n) is 4.89. The summed E-state index contributed by atoms with van der Waals surface area (Å²) < 4.78 is 0. The quantitative estimate of drug-likeness (QED) is 0.594. The Hall–Kier alpha value is -1.07. The molecule has 84 valence electrons. The van der Waals surface area contributed by atoms with Gasteiger partial charge in [-0.3, -0.25) is 5.43 Å². The van der Waals surface area contributed by atoms with Gasteiger partial charge in [0.2, 0.25) is 5.95 Å². The lowest BCUT2D eigenvalue weighted by Crippen LogP contribution is -2.21. The molecular weight excluding hydrogens is 214 g/mol. The lowest BCUT2D eigenvalue weighted by atomic mass is 10.3. The van der Waals surface area contributed by atoms with Crippen molar-refractivity contribution in [1.29, 1.82) is 0 Å². The zero-order valence-corrected chi connectivity index (χ0v) is 9.75. The second kappa shape index (κ2) is 5.72. The van der Waals surface area contributed by atoms with E-state index in [0.29, 0.717) is 16.8 Å². The molecule has 0 fully saturated rings. The van der Waals surface area contributed by atoms with Crippen molar-refractivity contribution in [2.75, 3.05) is 23.9 Å². The van der Waals surface area contributed by atoms with E-state index in [-0.39, 0.29) is 0 Å². The van der Waals surface area contributed by atoms with Crippen LogP contribution in [0.3, 0.4) is 0 Å². The molecule has 0 bridgehead atoms. The SMILES string of the molecule is CCCCN(C)c1nc(NN)ncc1Cl. The molecule has 0 saturated heterocycles. The predicted molar refractivity (Wildman–Crippen MR) is 63.0 cm³/mol.